The second-order valence-electron chi connectivity index (χ2n) is 6.18. The van der Waals surface area contributed by atoms with Crippen molar-refractivity contribution in [3.8, 4) is 0 Å². The number of hydrogen-bond acceptors (Lipinski definition) is 3. The predicted octanol–water partition coefficient (Wildman–Crippen LogP) is 1.48. The Labute approximate surface area is 115 Å². The van der Waals surface area contributed by atoms with Crippen LogP contribution in [0.15, 0.2) is 18.2 Å². The van der Waals surface area contributed by atoms with Gasteiger partial charge in [0.1, 0.15) is 0 Å². The molecule has 1 aromatic rings. The quantitative estimate of drug-likeness (QED) is 0.808. The molecule has 0 radical (unpaired) electrons. The van der Waals surface area contributed by atoms with E-state index in [1.54, 1.807) is 0 Å². The predicted molar refractivity (Wildman–Crippen MR) is 78.9 cm³/mol. The van der Waals surface area contributed by atoms with Crippen LogP contribution in [0, 0.1) is 5.92 Å². The van der Waals surface area contributed by atoms with Gasteiger partial charge in [-0.2, -0.15) is 0 Å². The van der Waals surface area contributed by atoms with E-state index >= 15 is 0 Å². The van der Waals surface area contributed by atoms with E-state index in [1.165, 1.54) is 36.9 Å². The molecule has 4 heteroatoms. The zero-order chi connectivity index (χ0) is 13.4. The maximum absolute atomic E-state index is 9.45. The molecule has 1 aromatic carbocycles. The van der Waals surface area contributed by atoms with Gasteiger partial charge in [0.05, 0.1) is 0 Å². The molecule has 1 heterocycles. The highest BCUT2D eigenvalue weighted by Crippen LogP contribution is 2.41. The van der Waals surface area contributed by atoms with E-state index in [-0.39, 0.29) is 0 Å². The fraction of sp³-hybridized carbons (Fsp3) is 0.600. The van der Waals surface area contributed by atoms with E-state index < -0.39 is 7.12 Å². The molecule has 1 aliphatic carbocycles. The van der Waals surface area contributed by atoms with Gasteiger partial charge < -0.3 is 14.9 Å². The van der Waals surface area contributed by atoms with Gasteiger partial charge in [0.15, 0.2) is 0 Å². The maximum Gasteiger partial charge on any atom is 0.488 e. The normalized spacial score (nSPS) is 20.7. The summed E-state index contributed by atoms with van der Waals surface area (Å²) in [6.45, 7) is 4.47. The van der Waals surface area contributed by atoms with Crippen molar-refractivity contribution in [1.82, 2.24) is 0 Å². The molecule has 0 unspecified atom stereocenters. The highest BCUT2D eigenvalue weighted by molar-refractivity contribution is 6.58. The molecule has 3 rings (SSSR count). The van der Waals surface area contributed by atoms with Crippen LogP contribution in [0.25, 0.3) is 0 Å². The molecular formula is C15H22BNO2. The van der Waals surface area contributed by atoms with Crippen molar-refractivity contribution in [2.24, 2.45) is 5.92 Å². The standard InChI is InChI=1S/C15H22BNO2/c1-11-4-6-17(7-5-11)15-9-13(12-2-3-12)8-14(10-15)16(18)19/h8-12,18-19H,2-7H2,1H3. The van der Waals surface area contributed by atoms with Crippen LogP contribution in [0.2, 0.25) is 0 Å². The average molecular weight is 259 g/mol. The van der Waals surface area contributed by atoms with Crippen molar-refractivity contribution in [3.63, 3.8) is 0 Å². The molecule has 1 saturated heterocycles. The van der Waals surface area contributed by atoms with E-state index in [1.807, 2.05) is 12.1 Å². The Morgan fingerprint density at radius 1 is 1.05 bits per heavy atom. The molecule has 102 valence electrons. The molecule has 0 aromatic heterocycles. The summed E-state index contributed by atoms with van der Waals surface area (Å²) >= 11 is 0. The van der Waals surface area contributed by atoms with E-state index in [9.17, 15) is 10.0 Å². The number of anilines is 1. The Balaban J connectivity index is 1.86. The first-order valence-corrected chi connectivity index (χ1v) is 7.39. The fourth-order valence-electron chi connectivity index (χ4n) is 2.91. The number of rotatable bonds is 3. The third kappa shape index (κ3) is 2.95. The summed E-state index contributed by atoms with van der Waals surface area (Å²) in [6, 6.07) is 6.14. The largest absolute Gasteiger partial charge is 0.488 e. The third-order valence-electron chi connectivity index (χ3n) is 4.46. The van der Waals surface area contributed by atoms with Crippen molar-refractivity contribution in [2.45, 2.75) is 38.5 Å². The van der Waals surface area contributed by atoms with Crippen molar-refractivity contribution >= 4 is 18.3 Å². The molecule has 0 atom stereocenters. The van der Waals surface area contributed by atoms with Gasteiger partial charge in [-0.1, -0.05) is 13.0 Å². The van der Waals surface area contributed by atoms with Crippen LogP contribution in [-0.2, 0) is 0 Å². The lowest BCUT2D eigenvalue weighted by Gasteiger charge is -2.32. The van der Waals surface area contributed by atoms with E-state index in [0.29, 0.717) is 11.4 Å². The van der Waals surface area contributed by atoms with E-state index in [4.69, 9.17) is 0 Å². The number of piperidine rings is 1. The van der Waals surface area contributed by atoms with Gasteiger partial charge in [0.2, 0.25) is 0 Å². The van der Waals surface area contributed by atoms with Crippen LogP contribution >= 0.6 is 0 Å². The molecule has 2 N–H and O–H groups in total. The summed E-state index contributed by atoms with van der Waals surface area (Å²) in [6.07, 6.45) is 4.93. The Hall–Kier alpha value is -0.995. The van der Waals surface area contributed by atoms with Crippen molar-refractivity contribution in [2.75, 3.05) is 18.0 Å². The smallest absolute Gasteiger partial charge is 0.423 e. The molecular weight excluding hydrogens is 237 g/mol. The molecule has 2 fully saturated rings. The average Bonchev–Trinajstić information content (AvgIpc) is 3.23. The van der Waals surface area contributed by atoms with Crippen LogP contribution in [0.5, 0.6) is 0 Å². The zero-order valence-electron chi connectivity index (χ0n) is 11.5. The summed E-state index contributed by atoms with van der Waals surface area (Å²) in [5, 5.41) is 18.9. The van der Waals surface area contributed by atoms with Gasteiger partial charge in [-0.15, -0.1) is 0 Å². The number of nitrogens with zero attached hydrogens (tertiary/aromatic N) is 1. The Morgan fingerprint density at radius 2 is 1.74 bits per heavy atom. The van der Waals surface area contributed by atoms with Crippen molar-refractivity contribution in [3.05, 3.63) is 23.8 Å². The molecule has 0 spiro atoms. The second-order valence-corrected chi connectivity index (χ2v) is 6.18. The lowest BCUT2D eigenvalue weighted by Crippen LogP contribution is -2.35. The van der Waals surface area contributed by atoms with Crippen molar-refractivity contribution in [1.29, 1.82) is 0 Å². The van der Waals surface area contributed by atoms with Gasteiger partial charge in [-0.25, -0.2) is 0 Å². The van der Waals surface area contributed by atoms with Crippen LogP contribution in [-0.4, -0.2) is 30.3 Å². The Kier molecular flexibility index (Phi) is 3.55. The summed E-state index contributed by atoms with van der Waals surface area (Å²) in [5.41, 5.74) is 3.08. The van der Waals surface area contributed by atoms with Crippen LogP contribution in [0.4, 0.5) is 5.69 Å². The molecule has 0 bridgehead atoms. The SMILES string of the molecule is CC1CCN(c2cc(B(O)O)cc(C3CC3)c2)CC1. The third-order valence-corrected chi connectivity index (χ3v) is 4.46. The molecule has 2 aliphatic rings. The monoisotopic (exact) mass is 259 g/mol. The molecule has 19 heavy (non-hydrogen) atoms. The lowest BCUT2D eigenvalue weighted by atomic mass is 9.78. The summed E-state index contributed by atoms with van der Waals surface area (Å²) in [5.74, 6) is 1.45. The summed E-state index contributed by atoms with van der Waals surface area (Å²) in [7, 11) is -1.36. The first-order valence-electron chi connectivity index (χ1n) is 7.39. The van der Waals surface area contributed by atoms with Gasteiger partial charge in [-0.05, 0) is 60.7 Å². The van der Waals surface area contributed by atoms with Gasteiger partial charge >= 0.3 is 7.12 Å². The summed E-state index contributed by atoms with van der Waals surface area (Å²) in [4.78, 5) is 2.39. The molecule has 3 nitrogen and oxygen atoms in total. The van der Waals surface area contributed by atoms with Gasteiger partial charge in [0, 0.05) is 18.8 Å². The van der Waals surface area contributed by atoms with E-state index in [0.717, 1.165) is 19.0 Å². The Bertz CT molecular complexity index is 431. The molecule has 1 aliphatic heterocycles. The summed E-state index contributed by atoms with van der Waals surface area (Å²) < 4.78 is 0. The van der Waals surface area contributed by atoms with Crippen LogP contribution in [0.3, 0.4) is 0 Å². The van der Waals surface area contributed by atoms with Crippen LogP contribution in [0.1, 0.15) is 44.1 Å². The second kappa shape index (κ2) is 5.18. The fourth-order valence-corrected chi connectivity index (χ4v) is 2.91. The minimum Gasteiger partial charge on any atom is -0.423 e. The van der Waals surface area contributed by atoms with E-state index in [2.05, 4.69) is 17.9 Å². The minimum absolute atomic E-state index is 0.637. The maximum atomic E-state index is 9.45. The highest BCUT2D eigenvalue weighted by atomic mass is 16.4. The first kappa shape index (κ1) is 13.0. The molecule has 0 amide bonds. The van der Waals surface area contributed by atoms with Gasteiger partial charge in [-0.3, -0.25) is 0 Å². The number of hydrogen-bond donors (Lipinski definition) is 2. The van der Waals surface area contributed by atoms with Crippen LogP contribution < -0.4 is 10.4 Å². The Morgan fingerprint density at radius 3 is 2.32 bits per heavy atom. The highest BCUT2D eigenvalue weighted by Gasteiger charge is 2.27. The topological polar surface area (TPSA) is 43.7 Å². The lowest BCUT2D eigenvalue weighted by molar-refractivity contribution is 0.425. The van der Waals surface area contributed by atoms with Gasteiger partial charge in [0.25, 0.3) is 0 Å². The first-order chi connectivity index (χ1) is 9.13. The minimum atomic E-state index is -1.36. The van der Waals surface area contributed by atoms with Crippen molar-refractivity contribution < 1.29 is 10.0 Å². The molecule has 1 saturated carbocycles. The zero-order valence-corrected chi connectivity index (χ0v) is 11.5. The number of benzene rings is 1.